The number of nitriles is 1. The van der Waals surface area contributed by atoms with E-state index < -0.39 is 12.2 Å². The lowest BCUT2D eigenvalue weighted by atomic mass is 9.91. The molecule has 5 heterocycles. The maximum absolute atomic E-state index is 14.1. The summed E-state index contributed by atoms with van der Waals surface area (Å²) >= 11 is 0. The van der Waals surface area contributed by atoms with Crippen LogP contribution in [-0.2, 0) is 13.1 Å². The molecule has 5 aromatic rings. The number of allylic oxidation sites excluding steroid dienone is 5. The summed E-state index contributed by atoms with van der Waals surface area (Å²) in [5.74, 6) is 0.160. The zero-order valence-electron chi connectivity index (χ0n) is 29.4. The second kappa shape index (κ2) is 14.4. The van der Waals surface area contributed by atoms with Crippen molar-refractivity contribution in [1.82, 2.24) is 29.7 Å². The van der Waals surface area contributed by atoms with E-state index in [2.05, 4.69) is 48.3 Å². The summed E-state index contributed by atoms with van der Waals surface area (Å²) in [7, 11) is 0. The van der Waals surface area contributed by atoms with Gasteiger partial charge in [0.2, 0.25) is 5.89 Å². The molecule has 0 unspecified atom stereocenters. The first-order valence-electron chi connectivity index (χ1n) is 18.0. The van der Waals surface area contributed by atoms with Crippen LogP contribution in [0.15, 0.2) is 76.5 Å². The maximum Gasteiger partial charge on any atom is 0.297 e. The molecule has 0 bridgehead atoms. The van der Waals surface area contributed by atoms with Crippen LogP contribution in [0.3, 0.4) is 0 Å². The van der Waals surface area contributed by atoms with Gasteiger partial charge in [0.15, 0.2) is 17.2 Å². The number of anilines is 1. The van der Waals surface area contributed by atoms with Gasteiger partial charge >= 0.3 is 0 Å². The van der Waals surface area contributed by atoms with Crippen LogP contribution in [0.4, 0.5) is 14.6 Å². The first-order chi connectivity index (χ1) is 25.3. The normalized spacial score (nSPS) is 17.0. The predicted octanol–water partition coefficient (Wildman–Crippen LogP) is 8.87. The highest BCUT2D eigenvalue weighted by atomic mass is 19.3. The quantitative estimate of drug-likeness (QED) is 0.162. The van der Waals surface area contributed by atoms with E-state index in [4.69, 9.17) is 9.40 Å². The van der Waals surface area contributed by atoms with Crippen molar-refractivity contribution in [1.29, 1.82) is 5.26 Å². The van der Waals surface area contributed by atoms with E-state index in [1.54, 1.807) is 6.20 Å². The van der Waals surface area contributed by atoms with Gasteiger partial charge in [0.05, 0.1) is 11.1 Å². The molecule has 8 rings (SSSR count). The van der Waals surface area contributed by atoms with Crippen molar-refractivity contribution in [2.75, 3.05) is 31.5 Å². The van der Waals surface area contributed by atoms with Gasteiger partial charge in [-0.15, -0.1) is 0 Å². The molecule has 0 radical (unpaired) electrons. The second-order valence-electron chi connectivity index (χ2n) is 13.9. The number of hydrogen-bond donors (Lipinski definition) is 1. The Morgan fingerprint density at radius 2 is 1.62 bits per heavy atom. The van der Waals surface area contributed by atoms with E-state index in [0.717, 1.165) is 90.2 Å². The number of likely N-dealkylation sites (tertiary alicyclic amines) is 2. The number of alkyl halides is 2. The Balaban J connectivity index is 1.13. The number of fused-ring (bicyclic) bond motifs is 2. The summed E-state index contributed by atoms with van der Waals surface area (Å²) in [6, 6.07) is 14.1. The lowest BCUT2D eigenvalue weighted by Crippen LogP contribution is -2.18. The van der Waals surface area contributed by atoms with Crippen LogP contribution in [0.1, 0.15) is 79.1 Å². The lowest BCUT2D eigenvalue weighted by Gasteiger charge is -2.18. The summed E-state index contributed by atoms with van der Waals surface area (Å²) in [4.78, 5) is 22.8. The van der Waals surface area contributed by atoms with E-state index in [1.165, 1.54) is 12.8 Å². The molecule has 11 heteroatoms. The third-order valence-corrected chi connectivity index (χ3v) is 10.3. The average molecular weight is 699 g/mol. The van der Waals surface area contributed by atoms with Crippen LogP contribution in [-0.4, -0.2) is 55.9 Å². The number of pyridine rings is 1. The molecule has 0 amide bonds. The third kappa shape index (κ3) is 6.72. The van der Waals surface area contributed by atoms with Gasteiger partial charge in [0.25, 0.3) is 6.43 Å². The van der Waals surface area contributed by atoms with Gasteiger partial charge in [0.1, 0.15) is 17.1 Å². The Morgan fingerprint density at radius 1 is 0.904 bits per heavy atom. The Kier molecular flexibility index (Phi) is 9.34. The van der Waals surface area contributed by atoms with E-state index in [0.29, 0.717) is 46.6 Å². The summed E-state index contributed by atoms with van der Waals surface area (Å²) in [6.45, 7) is 9.72. The highest BCUT2D eigenvalue weighted by Gasteiger charge is 2.22. The van der Waals surface area contributed by atoms with Crippen molar-refractivity contribution in [2.45, 2.75) is 65.5 Å². The van der Waals surface area contributed by atoms with Crippen molar-refractivity contribution >= 4 is 33.5 Å². The van der Waals surface area contributed by atoms with Crippen LogP contribution < -0.4 is 5.32 Å². The standard InChI is InChI=1S/C41H40F2N8O/c1-25-30(11-9-12-32(25)41-48-35-19-27(23-50-14-5-6-15-50)18-29(21-44)37(35)52-41)31-10-3-4-13-33(26(31)2)46-39-36-34(47-40(49-39)38(42)43)20-28(22-45-36)24-51-16-7-8-17-51/h4,9-13,18-20,22,38H,3,5-8,14-17,23-24H2,1-2H3,(H,46,47,49). The fourth-order valence-electron chi connectivity index (χ4n) is 7.66. The topological polar surface area (TPSA) is 107 Å². The fourth-order valence-corrected chi connectivity index (χ4v) is 7.66. The van der Waals surface area contributed by atoms with Crippen molar-refractivity contribution < 1.29 is 13.2 Å². The summed E-state index contributed by atoms with van der Waals surface area (Å²) in [5.41, 5.74) is 9.89. The molecule has 3 aromatic heterocycles. The molecule has 1 N–H and O–H groups in total. The van der Waals surface area contributed by atoms with E-state index in [1.807, 2.05) is 56.3 Å². The third-order valence-electron chi connectivity index (χ3n) is 10.3. The maximum atomic E-state index is 14.1. The van der Waals surface area contributed by atoms with Crippen molar-refractivity contribution in [3.8, 4) is 17.5 Å². The molecule has 2 saturated heterocycles. The minimum atomic E-state index is -2.83. The van der Waals surface area contributed by atoms with Gasteiger partial charge in [-0.2, -0.15) is 5.26 Å². The average Bonchev–Trinajstić information content (AvgIpc) is 3.92. The first-order valence-corrected chi connectivity index (χ1v) is 18.0. The minimum absolute atomic E-state index is 0.239. The Bertz CT molecular complexity index is 2310. The van der Waals surface area contributed by atoms with Crippen molar-refractivity contribution in [3.63, 3.8) is 0 Å². The van der Waals surface area contributed by atoms with Gasteiger partial charge in [-0.25, -0.2) is 23.7 Å². The number of halogens is 2. The Hall–Kier alpha value is -5.31. The van der Waals surface area contributed by atoms with Crippen LogP contribution in [0.2, 0.25) is 0 Å². The van der Waals surface area contributed by atoms with E-state index >= 15 is 0 Å². The van der Waals surface area contributed by atoms with Gasteiger partial charge in [-0.3, -0.25) is 14.8 Å². The molecule has 0 spiro atoms. The summed E-state index contributed by atoms with van der Waals surface area (Å²) in [5, 5.41) is 13.4. The monoisotopic (exact) mass is 698 g/mol. The number of aromatic nitrogens is 4. The number of hydrogen-bond acceptors (Lipinski definition) is 9. The fraction of sp³-hybridized carbons (Fsp3) is 0.341. The van der Waals surface area contributed by atoms with Gasteiger partial charge in [0, 0.05) is 30.5 Å². The molecule has 3 aliphatic rings. The lowest BCUT2D eigenvalue weighted by molar-refractivity contribution is 0.141. The summed E-state index contributed by atoms with van der Waals surface area (Å²) < 4.78 is 34.5. The molecule has 2 aromatic carbocycles. The second-order valence-corrected chi connectivity index (χ2v) is 13.9. The molecule has 0 saturated carbocycles. The van der Waals surface area contributed by atoms with Gasteiger partial charge in [-0.1, -0.05) is 24.3 Å². The van der Waals surface area contributed by atoms with Crippen LogP contribution >= 0.6 is 0 Å². The van der Waals surface area contributed by atoms with E-state index in [-0.39, 0.29) is 5.82 Å². The molecule has 2 aliphatic heterocycles. The highest BCUT2D eigenvalue weighted by molar-refractivity contribution is 5.90. The number of nitrogens with zero attached hydrogens (tertiary/aromatic N) is 7. The highest BCUT2D eigenvalue weighted by Crippen LogP contribution is 2.37. The first kappa shape index (κ1) is 33.8. The molecule has 1 aliphatic carbocycles. The number of benzene rings is 2. The van der Waals surface area contributed by atoms with Gasteiger partial charge in [-0.05, 0) is 136 Å². The van der Waals surface area contributed by atoms with Crippen molar-refractivity contribution in [2.24, 2.45) is 0 Å². The van der Waals surface area contributed by atoms with Gasteiger partial charge < -0.3 is 9.73 Å². The Labute approximate surface area is 301 Å². The molecule has 52 heavy (non-hydrogen) atoms. The van der Waals surface area contributed by atoms with E-state index in [9.17, 15) is 14.0 Å². The molecule has 2 fully saturated rings. The summed E-state index contributed by atoms with van der Waals surface area (Å²) in [6.07, 6.45) is 10.5. The molecule has 0 atom stereocenters. The molecular weight excluding hydrogens is 659 g/mol. The molecule has 264 valence electrons. The smallest absolute Gasteiger partial charge is 0.297 e. The SMILES string of the molecule is CC1=C(Nc2nc(C(F)F)nc3cc(CN4CCCC4)cnc23)C=CCC=C1c1cccc(-c2nc3cc(CN4CCCC4)cc(C#N)c3o2)c1C. The van der Waals surface area contributed by atoms with Crippen LogP contribution in [0, 0.1) is 18.3 Å². The number of nitrogens with one attached hydrogen (secondary N) is 1. The largest absolute Gasteiger partial charge is 0.435 e. The predicted molar refractivity (Wildman–Crippen MR) is 198 cm³/mol. The Morgan fingerprint density at radius 3 is 2.35 bits per heavy atom. The molecule has 9 nitrogen and oxygen atoms in total. The van der Waals surface area contributed by atoms with Crippen molar-refractivity contribution in [3.05, 3.63) is 106 Å². The zero-order valence-corrected chi connectivity index (χ0v) is 29.4. The van der Waals surface area contributed by atoms with Crippen LogP contribution in [0.25, 0.3) is 39.2 Å². The van der Waals surface area contributed by atoms with Crippen LogP contribution in [0.5, 0.6) is 0 Å². The zero-order chi connectivity index (χ0) is 35.8. The number of rotatable bonds is 9. The minimum Gasteiger partial charge on any atom is -0.435 e. The molecular formula is C41H40F2N8O. The number of oxazole rings is 1.